The lowest BCUT2D eigenvalue weighted by atomic mass is 9.96. The first-order chi connectivity index (χ1) is 11.3. The Balaban J connectivity index is 2.07. The smallest absolute Gasteiger partial charge is 0.338 e. The molecule has 3 aromatic rings. The largest absolute Gasteiger partial charge is 0.478 e. The van der Waals surface area contributed by atoms with E-state index in [0.717, 1.165) is 47.5 Å². The van der Waals surface area contributed by atoms with E-state index in [9.17, 15) is 9.90 Å². The van der Waals surface area contributed by atoms with Gasteiger partial charge in [-0.25, -0.2) is 4.79 Å². The van der Waals surface area contributed by atoms with Crippen LogP contribution < -0.4 is 0 Å². The first-order valence-electron chi connectivity index (χ1n) is 7.87. The third-order valence-corrected chi connectivity index (χ3v) is 4.49. The predicted molar refractivity (Wildman–Crippen MR) is 90.6 cm³/mol. The standard InChI is InChI=1S/C20H17NO2/c22-20(23)18-17(14-8-3-1-4-9-14)16-12-7-13-21(16)19(18)15-10-5-2-6-11-15/h1-6,8-11H,7,12-13H2,(H,22,23). The third kappa shape index (κ3) is 2.16. The Morgan fingerprint density at radius 1 is 0.913 bits per heavy atom. The second-order valence-electron chi connectivity index (χ2n) is 5.84. The van der Waals surface area contributed by atoms with Crippen molar-refractivity contribution < 1.29 is 9.90 Å². The second kappa shape index (κ2) is 5.43. The van der Waals surface area contributed by atoms with Gasteiger partial charge in [-0.05, 0) is 24.0 Å². The lowest BCUT2D eigenvalue weighted by Crippen LogP contribution is -2.03. The van der Waals surface area contributed by atoms with Gasteiger partial charge in [0, 0.05) is 17.8 Å². The van der Waals surface area contributed by atoms with Gasteiger partial charge in [0.1, 0.15) is 0 Å². The number of benzene rings is 2. The molecule has 0 bridgehead atoms. The summed E-state index contributed by atoms with van der Waals surface area (Å²) in [5, 5.41) is 9.91. The topological polar surface area (TPSA) is 42.2 Å². The molecule has 0 fully saturated rings. The number of carboxylic acid groups (broad SMARTS) is 1. The molecule has 0 amide bonds. The van der Waals surface area contributed by atoms with Crippen molar-refractivity contribution in [1.29, 1.82) is 0 Å². The zero-order valence-electron chi connectivity index (χ0n) is 12.7. The van der Waals surface area contributed by atoms with E-state index in [1.807, 2.05) is 60.7 Å². The van der Waals surface area contributed by atoms with Gasteiger partial charge in [0.2, 0.25) is 0 Å². The quantitative estimate of drug-likeness (QED) is 0.776. The van der Waals surface area contributed by atoms with E-state index in [0.29, 0.717) is 5.56 Å². The number of aromatic nitrogens is 1. The molecule has 1 N–H and O–H groups in total. The van der Waals surface area contributed by atoms with Crippen molar-refractivity contribution in [3.63, 3.8) is 0 Å². The molecule has 0 unspecified atom stereocenters. The molecule has 1 aromatic heterocycles. The van der Waals surface area contributed by atoms with Crippen molar-refractivity contribution >= 4 is 5.97 Å². The maximum atomic E-state index is 12.1. The van der Waals surface area contributed by atoms with E-state index in [1.165, 1.54) is 0 Å². The van der Waals surface area contributed by atoms with Crippen molar-refractivity contribution in [3.8, 4) is 22.4 Å². The fourth-order valence-corrected chi connectivity index (χ4v) is 3.60. The summed E-state index contributed by atoms with van der Waals surface area (Å²) in [6, 6.07) is 19.7. The van der Waals surface area contributed by atoms with Crippen LogP contribution in [0.2, 0.25) is 0 Å². The van der Waals surface area contributed by atoms with E-state index in [2.05, 4.69) is 4.57 Å². The summed E-state index contributed by atoms with van der Waals surface area (Å²) < 4.78 is 2.20. The predicted octanol–water partition coefficient (Wildman–Crippen LogP) is 4.47. The van der Waals surface area contributed by atoms with E-state index in [-0.39, 0.29) is 0 Å². The average molecular weight is 303 g/mol. The number of carboxylic acids is 1. The van der Waals surface area contributed by atoms with Crippen molar-refractivity contribution in [2.45, 2.75) is 19.4 Å². The first kappa shape index (κ1) is 13.8. The maximum Gasteiger partial charge on any atom is 0.338 e. The molecule has 0 radical (unpaired) electrons. The van der Waals surface area contributed by atoms with Gasteiger partial charge < -0.3 is 9.67 Å². The number of hydrogen-bond acceptors (Lipinski definition) is 1. The lowest BCUT2D eigenvalue weighted by Gasteiger charge is -2.08. The lowest BCUT2D eigenvalue weighted by molar-refractivity contribution is 0.0698. The minimum atomic E-state index is -0.857. The van der Waals surface area contributed by atoms with Gasteiger partial charge in [0.15, 0.2) is 0 Å². The normalized spacial score (nSPS) is 13.0. The molecule has 2 heterocycles. The Labute approximate surface area is 134 Å². The molecule has 114 valence electrons. The Morgan fingerprint density at radius 2 is 1.52 bits per heavy atom. The molecule has 0 saturated heterocycles. The Kier molecular flexibility index (Phi) is 3.27. The van der Waals surface area contributed by atoms with Gasteiger partial charge in [0.05, 0.1) is 11.3 Å². The van der Waals surface area contributed by atoms with Crippen LogP contribution in [0.5, 0.6) is 0 Å². The summed E-state index contributed by atoms with van der Waals surface area (Å²) in [6.45, 7) is 0.882. The Morgan fingerprint density at radius 3 is 2.13 bits per heavy atom. The van der Waals surface area contributed by atoms with Crippen molar-refractivity contribution in [1.82, 2.24) is 4.57 Å². The maximum absolute atomic E-state index is 12.1. The molecule has 3 nitrogen and oxygen atoms in total. The van der Waals surface area contributed by atoms with Crippen LogP contribution in [0, 0.1) is 0 Å². The van der Waals surface area contributed by atoms with Crippen LogP contribution >= 0.6 is 0 Å². The monoisotopic (exact) mass is 303 g/mol. The Bertz CT molecular complexity index is 799. The number of fused-ring (bicyclic) bond motifs is 1. The molecular weight excluding hydrogens is 286 g/mol. The fourth-order valence-electron chi connectivity index (χ4n) is 3.60. The number of carbonyl (C=O) groups is 1. The van der Waals surface area contributed by atoms with Gasteiger partial charge in [-0.1, -0.05) is 60.7 Å². The Hall–Kier alpha value is -2.81. The van der Waals surface area contributed by atoms with Gasteiger partial charge >= 0.3 is 5.97 Å². The van der Waals surface area contributed by atoms with Gasteiger partial charge in [-0.15, -0.1) is 0 Å². The zero-order valence-corrected chi connectivity index (χ0v) is 12.7. The number of nitrogens with zero attached hydrogens (tertiary/aromatic N) is 1. The highest BCUT2D eigenvalue weighted by Crippen LogP contribution is 2.41. The van der Waals surface area contributed by atoms with Gasteiger partial charge in [-0.2, -0.15) is 0 Å². The highest BCUT2D eigenvalue weighted by molar-refractivity contribution is 6.04. The van der Waals surface area contributed by atoms with Crippen LogP contribution in [0.25, 0.3) is 22.4 Å². The summed E-state index contributed by atoms with van der Waals surface area (Å²) in [4.78, 5) is 12.1. The molecule has 1 aliphatic heterocycles. The fraction of sp³-hybridized carbons (Fsp3) is 0.150. The van der Waals surface area contributed by atoms with E-state index in [4.69, 9.17) is 0 Å². The highest BCUT2D eigenvalue weighted by atomic mass is 16.4. The van der Waals surface area contributed by atoms with E-state index < -0.39 is 5.97 Å². The molecule has 1 aliphatic rings. The van der Waals surface area contributed by atoms with Gasteiger partial charge in [0.25, 0.3) is 0 Å². The molecule has 0 spiro atoms. The van der Waals surface area contributed by atoms with Crippen molar-refractivity contribution in [2.75, 3.05) is 0 Å². The third-order valence-electron chi connectivity index (χ3n) is 4.49. The number of aromatic carboxylic acids is 1. The van der Waals surface area contributed by atoms with Crippen LogP contribution in [0.15, 0.2) is 60.7 Å². The van der Waals surface area contributed by atoms with Crippen LogP contribution in [0.3, 0.4) is 0 Å². The molecule has 23 heavy (non-hydrogen) atoms. The van der Waals surface area contributed by atoms with E-state index in [1.54, 1.807) is 0 Å². The van der Waals surface area contributed by atoms with Crippen molar-refractivity contribution in [2.24, 2.45) is 0 Å². The summed E-state index contributed by atoms with van der Waals surface area (Å²) in [7, 11) is 0. The molecule has 0 aliphatic carbocycles. The minimum absolute atomic E-state index is 0.428. The van der Waals surface area contributed by atoms with Crippen LogP contribution in [-0.4, -0.2) is 15.6 Å². The molecule has 0 atom stereocenters. The first-order valence-corrected chi connectivity index (χ1v) is 7.87. The van der Waals surface area contributed by atoms with Crippen LogP contribution in [-0.2, 0) is 13.0 Å². The molecule has 4 rings (SSSR count). The molecule has 0 saturated carbocycles. The molecule has 2 aromatic carbocycles. The van der Waals surface area contributed by atoms with Crippen LogP contribution in [0.4, 0.5) is 0 Å². The second-order valence-corrected chi connectivity index (χ2v) is 5.84. The zero-order chi connectivity index (χ0) is 15.8. The summed E-state index contributed by atoms with van der Waals surface area (Å²) >= 11 is 0. The summed E-state index contributed by atoms with van der Waals surface area (Å²) in [5.41, 5.74) is 5.25. The summed E-state index contributed by atoms with van der Waals surface area (Å²) in [6.07, 6.45) is 1.99. The SMILES string of the molecule is O=C(O)c1c(-c2ccccc2)c2n(c1-c1ccccc1)CCC2. The van der Waals surface area contributed by atoms with Gasteiger partial charge in [-0.3, -0.25) is 0 Å². The molecule has 3 heteroatoms. The minimum Gasteiger partial charge on any atom is -0.478 e. The summed E-state index contributed by atoms with van der Waals surface area (Å²) in [5.74, 6) is -0.857. The average Bonchev–Trinajstić information content (AvgIpc) is 3.16. The van der Waals surface area contributed by atoms with E-state index >= 15 is 0 Å². The van der Waals surface area contributed by atoms with Crippen molar-refractivity contribution in [3.05, 3.63) is 71.9 Å². The highest BCUT2D eigenvalue weighted by Gasteiger charge is 2.30. The molecular formula is C20H17NO2. The van der Waals surface area contributed by atoms with Crippen LogP contribution in [0.1, 0.15) is 22.5 Å². The number of hydrogen-bond donors (Lipinski definition) is 1. The number of rotatable bonds is 3.